The molecule has 6 heteroatoms. The summed E-state index contributed by atoms with van der Waals surface area (Å²) in [5, 5.41) is -0.267. The van der Waals surface area contributed by atoms with Gasteiger partial charge in [-0.05, 0) is 35.3 Å². The second kappa shape index (κ2) is 7.30. The van der Waals surface area contributed by atoms with Crippen molar-refractivity contribution in [3.63, 3.8) is 0 Å². The van der Waals surface area contributed by atoms with Crippen molar-refractivity contribution in [1.82, 2.24) is 4.90 Å². The van der Waals surface area contributed by atoms with Crippen molar-refractivity contribution < 1.29 is 17.9 Å². The van der Waals surface area contributed by atoms with Crippen LogP contribution in [0.2, 0.25) is 5.02 Å². The fourth-order valence-electron chi connectivity index (χ4n) is 3.86. The minimum absolute atomic E-state index is 0.0534. The van der Waals surface area contributed by atoms with Crippen LogP contribution in [0.1, 0.15) is 23.1 Å². The van der Waals surface area contributed by atoms with Gasteiger partial charge in [-0.15, -0.1) is 0 Å². The zero-order chi connectivity index (χ0) is 19.0. The molecule has 0 amide bonds. The van der Waals surface area contributed by atoms with Crippen LogP contribution in [0.5, 0.6) is 0 Å². The molecule has 142 valence electrons. The van der Waals surface area contributed by atoms with Crippen LogP contribution in [0.4, 0.5) is 13.2 Å². The lowest BCUT2D eigenvalue weighted by Gasteiger charge is -2.45. The van der Waals surface area contributed by atoms with E-state index in [-0.39, 0.29) is 17.1 Å². The van der Waals surface area contributed by atoms with Gasteiger partial charge >= 0.3 is 6.18 Å². The lowest BCUT2D eigenvalue weighted by atomic mass is 9.88. The van der Waals surface area contributed by atoms with Crippen LogP contribution in [0.15, 0.2) is 54.6 Å². The van der Waals surface area contributed by atoms with Crippen molar-refractivity contribution in [1.29, 1.82) is 0 Å². The first-order valence-electron chi connectivity index (χ1n) is 8.87. The Bertz CT molecular complexity index is 850. The summed E-state index contributed by atoms with van der Waals surface area (Å²) in [6, 6.07) is 14.6. The largest absolute Gasteiger partial charge is 0.417 e. The van der Waals surface area contributed by atoms with E-state index in [9.17, 15) is 13.2 Å². The van der Waals surface area contributed by atoms with Gasteiger partial charge in [-0.1, -0.05) is 54.1 Å². The maximum Gasteiger partial charge on any atom is 0.417 e. The summed E-state index contributed by atoms with van der Waals surface area (Å²) in [6.07, 6.45) is -1.76. The molecule has 2 aromatic carbocycles. The Morgan fingerprint density at radius 2 is 1.85 bits per heavy atom. The first kappa shape index (κ1) is 18.5. The number of nitrogens with zero attached hydrogens (tertiary/aromatic N) is 1. The fourth-order valence-corrected chi connectivity index (χ4v) is 4.08. The number of halogens is 4. The summed E-state index contributed by atoms with van der Waals surface area (Å²) in [4.78, 5) is 2.38. The highest BCUT2D eigenvalue weighted by molar-refractivity contribution is 6.31. The van der Waals surface area contributed by atoms with Crippen LogP contribution in [-0.4, -0.2) is 30.2 Å². The third-order valence-corrected chi connectivity index (χ3v) is 5.52. The summed E-state index contributed by atoms with van der Waals surface area (Å²) >= 11 is 5.76. The predicted octanol–water partition coefficient (Wildman–Crippen LogP) is 5.42. The average molecular weight is 394 g/mol. The van der Waals surface area contributed by atoms with Crippen molar-refractivity contribution in [3.05, 3.63) is 76.3 Å². The molecule has 2 heterocycles. The predicted molar refractivity (Wildman–Crippen MR) is 99.4 cm³/mol. The molecule has 4 rings (SSSR count). The first-order valence-corrected chi connectivity index (χ1v) is 9.25. The topological polar surface area (TPSA) is 12.5 Å². The van der Waals surface area contributed by atoms with Gasteiger partial charge in [0, 0.05) is 12.6 Å². The molecule has 0 N–H and O–H groups in total. The maximum atomic E-state index is 13.2. The van der Waals surface area contributed by atoms with Crippen molar-refractivity contribution in [3.8, 4) is 0 Å². The summed E-state index contributed by atoms with van der Waals surface area (Å²) in [6.45, 7) is 1.94. The highest BCUT2D eigenvalue weighted by Gasteiger charge is 2.37. The Labute approximate surface area is 161 Å². The number of morpholine rings is 1. The number of rotatable bonds is 3. The van der Waals surface area contributed by atoms with Crippen LogP contribution in [0.3, 0.4) is 0 Å². The Morgan fingerprint density at radius 3 is 2.56 bits per heavy atom. The second-order valence-electron chi connectivity index (χ2n) is 7.00. The molecule has 0 radical (unpaired) electrons. The smallest absolute Gasteiger partial charge is 0.378 e. The monoisotopic (exact) mass is 393 g/mol. The Morgan fingerprint density at radius 1 is 1.07 bits per heavy atom. The fraction of sp³-hybridized carbons (Fsp3) is 0.333. The van der Waals surface area contributed by atoms with Gasteiger partial charge in [0.2, 0.25) is 0 Å². The van der Waals surface area contributed by atoms with Crippen LogP contribution in [0.25, 0.3) is 5.57 Å². The van der Waals surface area contributed by atoms with Gasteiger partial charge in [0.1, 0.15) is 0 Å². The highest BCUT2D eigenvalue weighted by Crippen LogP contribution is 2.39. The molecule has 2 aromatic rings. The Balaban J connectivity index is 1.63. The molecule has 2 aliphatic heterocycles. The van der Waals surface area contributed by atoms with Crippen LogP contribution >= 0.6 is 11.6 Å². The lowest BCUT2D eigenvalue weighted by Crippen LogP contribution is -2.53. The number of benzene rings is 2. The van der Waals surface area contributed by atoms with E-state index in [2.05, 4.69) is 17.0 Å². The van der Waals surface area contributed by atoms with Gasteiger partial charge < -0.3 is 4.74 Å². The molecule has 0 spiro atoms. The van der Waals surface area contributed by atoms with E-state index in [4.69, 9.17) is 16.3 Å². The average Bonchev–Trinajstić information content (AvgIpc) is 2.62. The van der Waals surface area contributed by atoms with Gasteiger partial charge in [-0.3, -0.25) is 4.90 Å². The van der Waals surface area contributed by atoms with Gasteiger partial charge in [0.25, 0.3) is 0 Å². The van der Waals surface area contributed by atoms with Crippen LogP contribution in [-0.2, 0) is 17.5 Å². The molecule has 0 aliphatic carbocycles. The summed E-state index contributed by atoms with van der Waals surface area (Å²) < 4.78 is 45.3. The molecule has 2 nitrogen and oxygen atoms in total. The van der Waals surface area contributed by atoms with Gasteiger partial charge in [0.05, 0.1) is 29.8 Å². The molecular formula is C21H19ClF3NO. The molecule has 0 aromatic heterocycles. The number of hydrogen-bond acceptors (Lipinski definition) is 2. The van der Waals surface area contributed by atoms with Crippen molar-refractivity contribution in [2.45, 2.75) is 31.2 Å². The van der Waals surface area contributed by atoms with E-state index >= 15 is 0 Å². The third-order valence-electron chi connectivity index (χ3n) is 5.19. The molecule has 1 saturated heterocycles. The lowest BCUT2D eigenvalue weighted by molar-refractivity contribution is -0.137. The Kier molecular flexibility index (Phi) is 5.01. The highest BCUT2D eigenvalue weighted by atomic mass is 35.5. The molecule has 2 aliphatic rings. The zero-order valence-electron chi connectivity index (χ0n) is 14.5. The number of hydrogen-bond donors (Lipinski definition) is 0. The third kappa shape index (κ3) is 3.91. The van der Waals surface area contributed by atoms with Gasteiger partial charge in [-0.25, -0.2) is 0 Å². The molecular weight excluding hydrogens is 375 g/mol. The maximum absolute atomic E-state index is 13.2. The molecule has 27 heavy (non-hydrogen) atoms. The normalized spacial score (nSPS) is 23.2. The zero-order valence-corrected chi connectivity index (χ0v) is 15.3. The van der Waals surface area contributed by atoms with E-state index in [0.717, 1.165) is 18.2 Å². The molecule has 2 unspecified atom stereocenters. The standard InChI is InChI=1S/C21H19ClF3NO/c22-20-7-6-15(10-19(20)21(23,24)25)16-8-17-12-27-13-18(9-16)26(17)11-14-4-2-1-3-5-14/h1-8,10,17-18H,9,11-13H2. The van der Waals surface area contributed by atoms with Crippen molar-refractivity contribution in [2.75, 3.05) is 13.2 Å². The number of fused-ring (bicyclic) bond motifs is 2. The van der Waals surface area contributed by atoms with E-state index in [1.165, 1.54) is 11.6 Å². The number of ether oxygens (including phenoxy) is 1. The summed E-state index contributed by atoms with van der Waals surface area (Å²) in [5.74, 6) is 0. The van der Waals surface area contributed by atoms with Crippen LogP contribution < -0.4 is 0 Å². The molecule has 2 bridgehead atoms. The van der Waals surface area contributed by atoms with Gasteiger partial charge in [0.15, 0.2) is 0 Å². The van der Waals surface area contributed by atoms with E-state index in [1.54, 1.807) is 6.07 Å². The minimum Gasteiger partial charge on any atom is -0.378 e. The minimum atomic E-state index is -4.46. The number of alkyl halides is 3. The Hall–Kier alpha value is -1.82. The SMILES string of the molecule is FC(F)(F)c1cc(C2=CC3COCC(C2)N3Cc2ccccc2)ccc1Cl. The summed E-state index contributed by atoms with van der Waals surface area (Å²) in [5.41, 5.74) is 1.95. The second-order valence-corrected chi connectivity index (χ2v) is 7.41. The summed E-state index contributed by atoms with van der Waals surface area (Å²) in [7, 11) is 0. The van der Waals surface area contributed by atoms with Crippen molar-refractivity contribution in [2.24, 2.45) is 0 Å². The molecule has 1 fully saturated rings. The molecule has 2 atom stereocenters. The quantitative estimate of drug-likeness (QED) is 0.690. The van der Waals surface area contributed by atoms with Crippen LogP contribution in [0, 0.1) is 0 Å². The van der Waals surface area contributed by atoms with E-state index in [1.807, 2.05) is 24.3 Å². The van der Waals surface area contributed by atoms with E-state index < -0.39 is 11.7 Å². The molecule has 0 saturated carbocycles. The van der Waals surface area contributed by atoms with E-state index in [0.29, 0.717) is 25.2 Å². The van der Waals surface area contributed by atoms with Gasteiger partial charge in [-0.2, -0.15) is 13.2 Å². The van der Waals surface area contributed by atoms with Crippen molar-refractivity contribution >= 4 is 17.2 Å². The first-order chi connectivity index (χ1) is 12.9.